The third-order valence-electron chi connectivity index (χ3n) is 4.13. The van der Waals surface area contributed by atoms with Crippen LogP contribution in [0.15, 0.2) is 75.7 Å². The minimum atomic E-state index is -0.491. The maximum atomic E-state index is 12.2. The van der Waals surface area contributed by atoms with E-state index in [0.717, 1.165) is 15.6 Å². The zero-order chi connectivity index (χ0) is 21.5. The molecule has 0 unspecified atom stereocenters. The Hall–Kier alpha value is -2.84. The van der Waals surface area contributed by atoms with E-state index in [0.29, 0.717) is 21.5 Å². The van der Waals surface area contributed by atoms with Crippen molar-refractivity contribution in [3.8, 4) is 22.6 Å². The van der Waals surface area contributed by atoms with E-state index in [4.69, 9.17) is 9.47 Å². The first kappa shape index (κ1) is 21.9. The van der Waals surface area contributed by atoms with Crippen molar-refractivity contribution in [2.45, 2.75) is 0 Å². The smallest absolute Gasteiger partial charge is 0.276 e. The highest BCUT2D eigenvalue weighted by atomic mass is 79.9. The van der Waals surface area contributed by atoms with Gasteiger partial charge < -0.3 is 9.47 Å². The number of nitrogens with one attached hydrogen (secondary N) is 2. The molecule has 0 aromatic heterocycles. The molecule has 3 aromatic carbocycles. The second-order valence-corrected chi connectivity index (χ2v) is 7.86. The summed E-state index contributed by atoms with van der Waals surface area (Å²) in [7, 11) is 1.54. The highest BCUT2D eigenvalue weighted by molar-refractivity contribution is 9.10. The van der Waals surface area contributed by atoms with E-state index in [2.05, 4.69) is 42.7 Å². The predicted octanol–water partition coefficient (Wildman–Crippen LogP) is 4.73. The molecule has 0 saturated heterocycles. The zero-order valence-electron chi connectivity index (χ0n) is 15.9. The molecule has 0 aliphatic heterocycles. The van der Waals surface area contributed by atoms with Gasteiger partial charge in [0.05, 0.1) is 16.1 Å². The molecule has 2 N–H and O–H groups in total. The quantitative estimate of drug-likeness (QED) is 0.449. The Kier molecular flexibility index (Phi) is 7.48. The Morgan fingerprint density at radius 2 is 1.53 bits per heavy atom. The molecule has 154 valence electrons. The Balaban J connectivity index is 1.52. The second-order valence-electron chi connectivity index (χ2n) is 6.15. The van der Waals surface area contributed by atoms with Gasteiger partial charge in [-0.15, -0.1) is 0 Å². The normalized spacial score (nSPS) is 10.2. The summed E-state index contributed by atoms with van der Waals surface area (Å²) in [5, 5.41) is 0. The molecular formula is C22H18Br2N2O4. The van der Waals surface area contributed by atoms with Crippen LogP contribution in [-0.4, -0.2) is 25.5 Å². The number of rotatable bonds is 6. The summed E-state index contributed by atoms with van der Waals surface area (Å²) in [6.07, 6.45) is 0. The van der Waals surface area contributed by atoms with Crippen molar-refractivity contribution in [2.75, 3.05) is 13.7 Å². The lowest BCUT2D eigenvalue weighted by Crippen LogP contribution is -2.43. The maximum Gasteiger partial charge on any atom is 0.276 e. The van der Waals surface area contributed by atoms with E-state index in [1.54, 1.807) is 24.3 Å². The molecule has 0 aliphatic carbocycles. The molecule has 0 aliphatic rings. The predicted molar refractivity (Wildman–Crippen MR) is 121 cm³/mol. The van der Waals surface area contributed by atoms with Crippen molar-refractivity contribution in [3.63, 3.8) is 0 Å². The van der Waals surface area contributed by atoms with Crippen molar-refractivity contribution < 1.29 is 19.1 Å². The molecule has 2 amide bonds. The summed E-state index contributed by atoms with van der Waals surface area (Å²) in [6.45, 7) is -0.254. The lowest BCUT2D eigenvalue weighted by molar-refractivity contribution is -0.123. The van der Waals surface area contributed by atoms with Crippen molar-refractivity contribution in [3.05, 3.63) is 81.2 Å². The van der Waals surface area contributed by atoms with Gasteiger partial charge >= 0.3 is 0 Å². The number of carbonyl (C=O) groups excluding carboxylic acids is 2. The molecule has 0 radical (unpaired) electrons. The van der Waals surface area contributed by atoms with Crippen LogP contribution in [0.25, 0.3) is 11.1 Å². The fourth-order valence-corrected chi connectivity index (χ4v) is 3.65. The van der Waals surface area contributed by atoms with Gasteiger partial charge in [0.15, 0.2) is 6.61 Å². The Morgan fingerprint density at radius 1 is 0.833 bits per heavy atom. The topological polar surface area (TPSA) is 76.7 Å². The van der Waals surface area contributed by atoms with Gasteiger partial charge in [-0.3, -0.25) is 20.4 Å². The highest BCUT2D eigenvalue weighted by Crippen LogP contribution is 2.30. The summed E-state index contributed by atoms with van der Waals surface area (Å²) in [5.41, 5.74) is 7.15. The molecular weight excluding hydrogens is 516 g/mol. The van der Waals surface area contributed by atoms with Gasteiger partial charge in [0.2, 0.25) is 0 Å². The fourth-order valence-electron chi connectivity index (χ4n) is 2.61. The molecule has 3 rings (SSSR count). The van der Waals surface area contributed by atoms with Gasteiger partial charge in [-0.25, -0.2) is 0 Å². The lowest BCUT2D eigenvalue weighted by atomic mass is 10.1. The van der Waals surface area contributed by atoms with E-state index >= 15 is 0 Å². The van der Waals surface area contributed by atoms with Crippen molar-refractivity contribution in [1.82, 2.24) is 10.9 Å². The summed E-state index contributed by atoms with van der Waals surface area (Å²) in [6, 6.07) is 20.4. The first-order chi connectivity index (χ1) is 14.5. The summed E-state index contributed by atoms with van der Waals surface area (Å²) in [5.74, 6) is 0.179. The van der Waals surface area contributed by atoms with Gasteiger partial charge in [0.1, 0.15) is 11.5 Å². The largest absolute Gasteiger partial charge is 0.496 e. The van der Waals surface area contributed by atoms with Crippen LogP contribution in [0.5, 0.6) is 11.5 Å². The van der Waals surface area contributed by atoms with Crippen LogP contribution < -0.4 is 20.3 Å². The standard InChI is InChI=1S/C22H18Br2N2O4/c1-29-19-9-8-16(12-17(19)23)22(28)26-25-21(27)13-30-20-10-7-15(11-18(20)24)14-5-3-2-4-6-14/h2-12H,13H2,1H3,(H,25,27)(H,26,28). The molecule has 30 heavy (non-hydrogen) atoms. The molecule has 0 fully saturated rings. The second kappa shape index (κ2) is 10.3. The van der Waals surface area contributed by atoms with Crippen molar-refractivity contribution >= 4 is 43.7 Å². The molecule has 0 heterocycles. The van der Waals surface area contributed by atoms with Crippen LogP contribution in [0.2, 0.25) is 0 Å². The Labute approximate surface area is 190 Å². The Bertz CT molecular complexity index is 1060. The number of hydrogen-bond donors (Lipinski definition) is 2. The van der Waals surface area contributed by atoms with Crippen LogP contribution in [-0.2, 0) is 4.79 Å². The minimum absolute atomic E-state index is 0.254. The minimum Gasteiger partial charge on any atom is -0.496 e. The number of halogens is 2. The summed E-state index contributed by atoms with van der Waals surface area (Å²) < 4.78 is 12.0. The molecule has 3 aromatic rings. The van der Waals surface area contributed by atoms with Crippen LogP contribution in [0.4, 0.5) is 0 Å². The van der Waals surface area contributed by atoms with E-state index in [1.165, 1.54) is 7.11 Å². The summed E-state index contributed by atoms with van der Waals surface area (Å²) >= 11 is 6.78. The highest BCUT2D eigenvalue weighted by Gasteiger charge is 2.11. The number of methoxy groups -OCH3 is 1. The number of hydrogen-bond acceptors (Lipinski definition) is 4. The van der Waals surface area contributed by atoms with Gasteiger partial charge in [-0.1, -0.05) is 36.4 Å². The van der Waals surface area contributed by atoms with E-state index < -0.39 is 11.8 Å². The summed E-state index contributed by atoms with van der Waals surface area (Å²) in [4.78, 5) is 24.2. The van der Waals surface area contributed by atoms with E-state index in [9.17, 15) is 9.59 Å². The maximum absolute atomic E-state index is 12.2. The average molecular weight is 534 g/mol. The third-order valence-corrected chi connectivity index (χ3v) is 5.37. The average Bonchev–Trinajstić information content (AvgIpc) is 2.77. The molecule has 0 spiro atoms. The monoisotopic (exact) mass is 532 g/mol. The zero-order valence-corrected chi connectivity index (χ0v) is 19.1. The van der Waals surface area contributed by atoms with Gasteiger partial charge in [-0.2, -0.15) is 0 Å². The number of ether oxygens (including phenoxy) is 2. The first-order valence-electron chi connectivity index (χ1n) is 8.88. The number of hydrazine groups is 1. The third kappa shape index (κ3) is 5.61. The Morgan fingerprint density at radius 3 is 2.20 bits per heavy atom. The number of carbonyl (C=O) groups is 2. The molecule has 8 heteroatoms. The molecule has 0 saturated carbocycles. The van der Waals surface area contributed by atoms with Crippen molar-refractivity contribution in [2.24, 2.45) is 0 Å². The lowest BCUT2D eigenvalue weighted by Gasteiger charge is -2.11. The number of amides is 2. The molecule has 0 atom stereocenters. The van der Waals surface area contributed by atoms with Crippen molar-refractivity contribution in [1.29, 1.82) is 0 Å². The van der Waals surface area contributed by atoms with Gasteiger partial charge in [-0.05, 0) is 73.3 Å². The van der Waals surface area contributed by atoms with Crippen LogP contribution in [0, 0.1) is 0 Å². The van der Waals surface area contributed by atoms with Gasteiger partial charge in [0.25, 0.3) is 11.8 Å². The van der Waals surface area contributed by atoms with Gasteiger partial charge in [0, 0.05) is 5.56 Å². The van der Waals surface area contributed by atoms with E-state index in [-0.39, 0.29) is 6.61 Å². The number of benzene rings is 3. The van der Waals surface area contributed by atoms with E-state index in [1.807, 2.05) is 42.5 Å². The first-order valence-corrected chi connectivity index (χ1v) is 10.5. The molecule has 6 nitrogen and oxygen atoms in total. The molecule has 0 bridgehead atoms. The van der Waals surface area contributed by atoms with Crippen LogP contribution in [0.1, 0.15) is 10.4 Å². The van der Waals surface area contributed by atoms with Crippen LogP contribution in [0.3, 0.4) is 0 Å². The SMILES string of the molecule is COc1ccc(C(=O)NNC(=O)COc2ccc(-c3ccccc3)cc2Br)cc1Br. The fraction of sp³-hybridized carbons (Fsp3) is 0.0909. The van der Waals surface area contributed by atoms with Crippen LogP contribution >= 0.6 is 31.9 Å².